The number of aliphatic hydroxyl groups excluding tert-OH is 1. The highest BCUT2D eigenvalue weighted by Crippen LogP contribution is 2.41. The van der Waals surface area contributed by atoms with Crippen LogP contribution in [0.1, 0.15) is 58.2 Å². The van der Waals surface area contributed by atoms with Crippen molar-refractivity contribution in [2.45, 2.75) is 104 Å². The van der Waals surface area contributed by atoms with E-state index in [9.17, 15) is 57.8 Å². The van der Waals surface area contributed by atoms with Crippen LogP contribution in [0.2, 0.25) is 0 Å². The lowest BCUT2D eigenvalue weighted by molar-refractivity contribution is -0.365. The van der Waals surface area contributed by atoms with Crippen LogP contribution >= 0.6 is 34.8 Å². The SMILES string of the molecule is COC(=O)[C@@]1(OC[C@H]2O[C@@H](O[C@H]3[C@H](OC(=O)c4ccccc4)[C@@H](OC(=O)c4ccccc4)[C@H](OCCOCCOCCNC(=O)OCCOCCOCCN=[N+]=[N-])O[C@@H]3COC(=O)c3ccccc3)[C@H](OC(=O)c3ccccc3)[C@@H](OC(=O)c3ccccc3)[C@H]2O)C[C@@H]2OC(=O)N[C@H]2[C@H]([C@H](OC(=O)CCl)[C@@H](COC(=O)CCl)OC(=O)CCl)O1. The molecule has 0 spiro atoms. The first-order valence-electron chi connectivity index (χ1n) is 36.6. The van der Waals surface area contributed by atoms with Gasteiger partial charge in [-0.15, -0.1) is 34.8 Å². The van der Waals surface area contributed by atoms with E-state index >= 15 is 0 Å². The maximum Gasteiger partial charge on any atom is 0.407 e. The number of rotatable bonds is 45. The number of nitrogens with one attached hydrogen (secondary N) is 2. The van der Waals surface area contributed by atoms with Crippen molar-refractivity contribution in [1.82, 2.24) is 10.6 Å². The molecule has 38 nitrogen and oxygen atoms in total. The van der Waals surface area contributed by atoms with Crippen molar-refractivity contribution in [2.24, 2.45) is 5.11 Å². The van der Waals surface area contributed by atoms with E-state index < -0.39 is 214 Å². The van der Waals surface area contributed by atoms with Crippen LogP contribution in [-0.4, -0.2) is 292 Å². The van der Waals surface area contributed by atoms with Gasteiger partial charge in [-0.2, -0.15) is 0 Å². The first-order chi connectivity index (χ1) is 57.3. The van der Waals surface area contributed by atoms with E-state index in [0.29, 0.717) is 0 Å². The van der Waals surface area contributed by atoms with Gasteiger partial charge < -0.3 is 115 Å². The van der Waals surface area contributed by atoms with Gasteiger partial charge in [0.2, 0.25) is 0 Å². The quantitative estimate of drug-likeness (QED) is 0.00846. The van der Waals surface area contributed by atoms with Crippen molar-refractivity contribution in [3.63, 3.8) is 0 Å². The summed E-state index contributed by atoms with van der Waals surface area (Å²) in [6, 6.07) is 35.4. The van der Waals surface area contributed by atoms with Gasteiger partial charge in [-0.3, -0.25) is 14.4 Å². The van der Waals surface area contributed by atoms with Crippen molar-refractivity contribution >= 4 is 101 Å². The van der Waals surface area contributed by atoms with E-state index in [-0.39, 0.29) is 100 Å². The zero-order valence-corrected chi connectivity index (χ0v) is 65.3. The summed E-state index contributed by atoms with van der Waals surface area (Å²) in [4.78, 5) is 155. The van der Waals surface area contributed by atoms with E-state index in [2.05, 4.69) is 20.7 Å². The predicted octanol–water partition coefficient (Wildman–Crippen LogP) is 5.30. The molecule has 16 atom stereocenters. The number of carbonyl (C=O) groups excluding carboxylic acids is 11. The van der Waals surface area contributed by atoms with Crippen LogP contribution in [0.15, 0.2) is 157 Å². The largest absolute Gasteiger partial charge is 0.465 e. The van der Waals surface area contributed by atoms with Gasteiger partial charge in [-0.25, -0.2) is 38.4 Å². The third kappa shape index (κ3) is 27.1. The number of carbonyl (C=O) groups is 11. The number of nitrogens with zero attached hydrogens (tertiary/aromatic N) is 3. The zero-order chi connectivity index (χ0) is 84.2. The maximum atomic E-state index is 15.0. The minimum Gasteiger partial charge on any atom is -0.465 e. The molecule has 0 aromatic heterocycles. The lowest BCUT2D eigenvalue weighted by Gasteiger charge is -2.49. The Labute approximate surface area is 688 Å². The number of azide groups is 1. The molecular weight excluding hydrogens is 1630 g/mol. The number of methoxy groups -OCH3 is 1. The molecule has 4 aliphatic heterocycles. The topological polar surface area (TPSA) is 475 Å². The van der Waals surface area contributed by atoms with Gasteiger partial charge in [0.25, 0.3) is 5.79 Å². The van der Waals surface area contributed by atoms with Gasteiger partial charge >= 0.3 is 65.9 Å². The number of hydrogen-bond donors (Lipinski definition) is 3. The van der Waals surface area contributed by atoms with Crippen LogP contribution in [0, 0.1) is 0 Å². The monoisotopic (exact) mass is 1710 g/mol. The van der Waals surface area contributed by atoms with E-state index in [1.54, 1.807) is 42.5 Å². The van der Waals surface area contributed by atoms with Gasteiger partial charge in [-0.05, 0) is 66.2 Å². The second kappa shape index (κ2) is 47.9. The van der Waals surface area contributed by atoms with E-state index in [1.165, 1.54) is 109 Å². The fraction of sp³-hybridized carbons (Fsp3) is 0.468. The summed E-state index contributed by atoms with van der Waals surface area (Å²) in [6.45, 7) is -2.71. The Bertz CT molecular complexity index is 4140. The summed E-state index contributed by atoms with van der Waals surface area (Å²) in [5.41, 5.74) is 7.95. The highest BCUT2D eigenvalue weighted by atomic mass is 35.5. The second-order valence-corrected chi connectivity index (χ2v) is 26.2. The number of hydrogen-bond acceptors (Lipinski definition) is 34. The van der Waals surface area contributed by atoms with Gasteiger partial charge in [0.1, 0.15) is 74.1 Å². The predicted molar refractivity (Wildman–Crippen MR) is 400 cm³/mol. The van der Waals surface area contributed by atoms with Crippen LogP contribution in [0.4, 0.5) is 9.59 Å². The summed E-state index contributed by atoms with van der Waals surface area (Å²) >= 11 is 17.6. The minimum atomic E-state index is -2.95. The fourth-order valence-corrected chi connectivity index (χ4v) is 12.3. The van der Waals surface area contributed by atoms with Crippen LogP contribution < -0.4 is 10.6 Å². The van der Waals surface area contributed by atoms with Crippen molar-refractivity contribution in [2.75, 3.05) is 124 Å². The van der Waals surface area contributed by atoms with Crippen molar-refractivity contribution in [3.05, 3.63) is 190 Å². The molecule has 9 rings (SSSR count). The van der Waals surface area contributed by atoms with Crippen LogP contribution in [0.25, 0.3) is 10.4 Å². The number of amides is 2. The molecule has 41 heteroatoms. The molecule has 2 amide bonds. The molecule has 3 N–H and O–H groups in total. The van der Waals surface area contributed by atoms with E-state index in [1.807, 2.05) is 0 Å². The third-order valence-electron chi connectivity index (χ3n) is 17.6. The molecule has 0 radical (unpaired) electrons. The first-order valence-corrected chi connectivity index (χ1v) is 38.2. The Hall–Kier alpha value is -10.4. The van der Waals surface area contributed by atoms with E-state index in [4.69, 9.17) is 140 Å². The Morgan fingerprint density at radius 1 is 0.551 bits per heavy atom. The Morgan fingerprint density at radius 2 is 1.03 bits per heavy atom. The molecule has 4 heterocycles. The molecule has 0 saturated carbocycles. The highest BCUT2D eigenvalue weighted by molar-refractivity contribution is 6.27. The van der Waals surface area contributed by atoms with Crippen molar-refractivity contribution in [3.8, 4) is 0 Å². The average Bonchev–Trinajstić information content (AvgIpc) is 1.61. The summed E-state index contributed by atoms with van der Waals surface area (Å²) in [5, 5.41) is 21.4. The second-order valence-electron chi connectivity index (χ2n) is 25.4. The first kappa shape index (κ1) is 91.5. The maximum absolute atomic E-state index is 15.0. The smallest absolute Gasteiger partial charge is 0.407 e. The molecule has 4 fully saturated rings. The molecule has 636 valence electrons. The van der Waals surface area contributed by atoms with Crippen molar-refractivity contribution in [1.29, 1.82) is 0 Å². The van der Waals surface area contributed by atoms with Crippen molar-refractivity contribution < 1.29 is 157 Å². The standard InChI is InChI=1S/C77H84Cl3N5O33/c1-98-74(95)77(39-51-58(84-76(97)111-51)62(118-77)60(112-57(88)42-80)53(108-56(87)41-79)43-105-55(86)40-78)107-45-52-59(89)63(113-68(91)47-19-9-3-10-20-47)65(115-70(93)49-23-13-5-14-24-49)73(109-52)117-61-54(44-106-67(90)46-17-7-2-8-18-46)110-72(66(116-71(94)50-25-15-6-16-26-50)64(61)114-69(92)48-21-11-4-12-22-48)103-37-35-101-33-31-99-29-27-82-75(96)104-38-36-102-34-32-100-30-28-83-85-81/h2-26,51-54,58-66,72-73,89H,27-45H2,1H3,(H,82,96)(H,84,97)/t51-,52+,53+,54+,58+,59-,60+,61+,62+,63-,64-,65+,66+,72+,73-,77+/m0/s1. The van der Waals surface area contributed by atoms with Gasteiger partial charge in [-0.1, -0.05) is 96.1 Å². The lowest BCUT2D eigenvalue weighted by Crippen LogP contribution is -2.68. The number of esters is 9. The Morgan fingerprint density at radius 3 is 1.56 bits per heavy atom. The number of aliphatic hydroxyl groups is 1. The molecule has 4 saturated heterocycles. The number of fused-ring (bicyclic) bond motifs is 1. The van der Waals surface area contributed by atoms with Gasteiger partial charge in [0.05, 0.1) is 113 Å². The molecule has 118 heavy (non-hydrogen) atoms. The normalized spacial score (nSPS) is 23.5. The van der Waals surface area contributed by atoms with Crippen LogP contribution in [0.3, 0.4) is 0 Å². The third-order valence-corrected chi connectivity index (χ3v) is 18.2. The summed E-state index contributed by atoms with van der Waals surface area (Å²) in [5.74, 6) is -15.8. The summed E-state index contributed by atoms with van der Waals surface area (Å²) < 4.78 is 125. The van der Waals surface area contributed by atoms with Crippen LogP contribution in [-0.2, 0) is 119 Å². The number of ether oxygens (including phenoxy) is 21. The zero-order valence-electron chi connectivity index (χ0n) is 63.0. The summed E-state index contributed by atoms with van der Waals surface area (Å²) in [7, 11) is 0.887. The minimum absolute atomic E-state index is 0.00287. The number of halogens is 3. The van der Waals surface area contributed by atoms with E-state index in [0.717, 1.165) is 7.11 Å². The fourth-order valence-electron chi connectivity index (χ4n) is 12.1. The molecule has 0 aliphatic carbocycles. The highest BCUT2D eigenvalue weighted by Gasteiger charge is 2.63. The molecule has 5 aromatic rings. The van der Waals surface area contributed by atoms with Crippen LogP contribution in [0.5, 0.6) is 0 Å². The average molecular weight is 1710 g/mol. The summed E-state index contributed by atoms with van der Waals surface area (Å²) in [6.07, 6.45) is -31.2. The molecule has 5 aromatic carbocycles. The number of alkyl carbamates (subject to hydrolysis) is 2. The Kier molecular flexibility index (Phi) is 37.1. The molecule has 0 bridgehead atoms. The lowest BCUT2D eigenvalue weighted by atomic mass is 9.88. The van der Waals surface area contributed by atoms with Gasteiger partial charge in [0, 0.05) is 18.0 Å². The molecule has 4 aliphatic rings. The van der Waals surface area contributed by atoms with Gasteiger partial charge in [0.15, 0.2) is 49.2 Å². The number of alkyl halides is 3. The molecular formula is C77H84Cl3N5O33. The molecule has 0 unspecified atom stereocenters. The Balaban J connectivity index is 1.08. The number of benzene rings is 5.